The highest BCUT2D eigenvalue weighted by Crippen LogP contribution is 2.48. The molecule has 2 unspecified atom stereocenters. The van der Waals surface area contributed by atoms with Gasteiger partial charge in [0.15, 0.2) is 0 Å². The zero-order chi connectivity index (χ0) is 12.8. The summed E-state index contributed by atoms with van der Waals surface area (Å²) >= 11 is 0. The molecule has 1 aromatic heterocycles. The average Bonchev–Trinajstić information content (AvgIpc) is 2.77. The number of halogens is 3. The fraction of sp³-hybridized carbons (Fsp3) is 0.583. The highest BCUT2D eigenvalue weighted by molar-refractivity contribution is 5.18. The van der Waals surface area contributed by atoms with Crippen molar-refractivity contribution in [1.29, 1.82) is 0 Å². The summed E-state index contributed by atoms with van der Waals surface area (Å²) in [4.78, 5) is 3.47. The monoisotopic (exact) mass is 258 g/mol. The first kappa shape index (κ1) is 11.8. The molecule has 2 atom stereocenters. The third kappa shape index (κ3) is 2.16. The number of rotatable bonds is 3. The highest BCUT2D eigenvalue weighted by Gasteiger charge is 2.53. The minimum absolute atomic E-state index is 0.0581. The Morgan fingerprint density at radius 2 is 2.00 bits per heavy atom. The van der Waals surface area contributed by atoms with Crippen molar-refractivity contribution < 1.29 is 17.9 Å². The molecule has 2 heterocycles. The van der Waals surface area contributed by atoms with Crippen LogP contribution in [0.4, 0.5) is 13.2 Å². The fourth-order valence-corrected chi connectivity index (χ4v) is 2.63. The Bertz CT molecular complexity index is 439. The number of nitrogens with zero attached hydrogens (tertiary/aromatic N) is 1. The van der Waals surface area contributed by atoms with Crippen LogP contribution in [-0.2, 0) is 6.18 Å². The molecule has 0 amide bonds. The summed E-state index contributed by atoms with van der Waals surface area (Å²) in [6.07, 6.45) is -4.42. The van der Waals surface area contributed by atoms with Crippen molar-refractivity contribution in [3.05, 3.63) is 23.9 Å². The van der Waals surface area contributed by atoms with E-state index in [0.29, 0.717) is 24.4 Å². The van der Waals surface area contributed by atoms with E-state index in [1.807, 2.05) is 0 Å². The lowest BCUT2D eigenvalue weighted by Gasteiger charge is -2.10. The summed E-state index contributed by atoms with van der Waals surface area (Å²) in [6.45, 7) is 2.45. The van der Waals surface area contributed by atoms with Crippen molar-refractivity contribution in [3.63, 3.8) is 0 Å². The van der Waals surface area contributed by atoms with Gasteiger partial charge in [0, 0.05) is 12.0 Å². The predicted octanol–water partition coefficient (Wildman–Crippen LogP) is 1.94. The molecule has 0 aromatic carbocycles. The van der Waals surface area contributed by atoms with Gasteiger partial charge in [-0.05, 0) is 31.0 Å². The number of fused-ring (bicyclic) bond motifs is 1. The molecule has 3 rings (SSSR count). The SMILES string of the molecule is FC(F)(F)c1cccc(OCC2C3CNCC32)n1. The highest BCUT2D eigenvalue weighted by atomic mass is 19.4. The van der Waals surface area contributed by atoms with Gasteiger partial charge in [-0.3, -0.25) is 0 Å². The Morgan fingerprint density at radius 3 is 2.67 bits per heavy atom. The molecule has 1 saturated carbocycles. The molecule has 1 saturated heterocycles. The molecule has 1 aliphatic carbocycles. The van der Waals surface area contributed by atoms with Crippen molar-refractivity contribution in [3.8, 4) is 5.88 Å². The van der Waals surface area contributed by atoms with Crippen LogP contribution in [0.1, 0.15) is 5.69 Å². The molecule has 1 aromatic rings. The van der Waals surface area contributed by atoms with Gasteiger partial charge in [-0.2, -0.15) is 13.2 Å². The zero-order valence-corrected chi connectivity index (χ0v) is 9.57. The second-order valence-corrected chi connectivity index (χ2v) is 4.82. The van der Waals surface area contributed by atoms with Crippen molar-refractivity contribution in [2.24, 2.45) is 17.8 Å². The van der Waals surface area contributed by atoms with Gasteiger partial charge in [0.2, 0.25) is 5.88 Å². The topological polar surface area (TPSA) is 34.1 Å². The second-order valence-electron chi connectivity index (χ2n) is 4.82. The molecule has 1 N–H and O–H groups in total. The molecular formula is C12H13F3N2O. The fourth-order valence-electron chi connectivity index (χ4n) is 2.63. The number of hydrogen-bond donors (Lipinski definition) is 1. The lowest BCUT2D eigenvalue weighted by Crippen LogP contribution is -2.18. The van der Waals surface area contributed by atoms with Gasteiger partial charge in [0.1, 0.15) is 5.69 Å². The lowest BCUT2D eigenvalue weighted by atomic mass is 10.3. The number of ether oxygens (including phenoxy) is 1. The van der Waals surface area contributed by atoms with Crippen LogP contribution in [0.15, 0.2) is 18.2 Å². The van der Waals surface area contributed by atoms with Gasteiger partial charge in [0.05, 0.1) is 6.61 Å². The van der Waals surface area contributed by atoms with Crippen molar-refractivity contribution in [2.45, 2.75) is 6.18 Å². The first-order valence-electron chi connectivity index (χ1n) is 5.93. The molecule has 2 fully saturated rings. The van der Waals surface area contributed by atoms with E-state index < -0.39 is 11.9 Å². The normalized spacial score (nSPS) is 30.1. The largest absolute Gasteiger partial charge is 0.477 e. The predicted molar refractivity (Wildman–Crippen MR) is 58.1 cm³/mol. The van der Waals surface area contributed by atoms with Gasteiger partial charge in [-0.1, -0.05) is 6.07 Å². The van der Waals surface area contributed by atoms with Gasteiger partial charge < -0.3 is 10.1 Å². The summed E-state index contributed by atoms with van der Waals surface area (Å²) in [7, 11) is 0. The van der Waals surface area contributed by atoms with E-state index in [2.05, 4.69) is 10.3 Å². The maximum Gasteiger partial charge on any atom is 0.433 e. The third-order valence-electron chi connectivity index (χ3n) is 3.71. The van der Waals surface area contributed by atoms with Crippen LogP contribution in [-0.4, -0.2) is 24.7 Å². The van der Waals surface area contributed by atoms with E-state index in [0.717, 1.165) is 19.2 Å². The van der Waals surface area contributed by atoms with E-state index in [1.165, 1.54) is 12.1 Å². The molecule has 2 aliphatic rings. The lowest BCUT2D eigenvalue weighted by molar-refractivity contribution is -0.141. The summed E-state index contributed by atoms with van der Waals surface area (Å²) in [5.41, 5.74) is -0.905. The Morgan fingerprint density at radius 1 is 1.28 bits per heavy atom. The van der Waals surface area contributed by atoms with E-state index in [1.54, 1.807) is 0 Å². The Kier molecular flexibility index (Phi) is 2.69. The van der Waals surface area contributed by atoms with Crippen LogP contribution in [0.5, 0.6) is 5.88 Å². The summed E-state index contributed by atoms with van der Waals surface area (Å²) in [6, 6.07) is 3.73. The summed E-state index contributed by atoms with van der Waals surface area (Å²) in [5, 5.41) is 3.26. The molecule has 3 nitrogen and oxygen atoms in total. The minimum atomic E-state index is -4.42. The molecule has 6 heteroatoms. The smallest absolute Gasteiger partial charge is 0.433 e. The second kappa shape index (κ2) is 4.12. The summed E-state index contributed by atoms with van der Waals surface area (Å²) in [5.74, 6) is 1.80. The van der Waals surface area contributed by atoms with E-state index in [-0.39, 0.29) is 5.88 Å². The van der Waals surface area contributed by atoms with E-state index in [4.69, 9.17) is 4.74 Å². The molecule has 18 heavy (non-hydrogen) atoms. The molecule has 0 spiro atoms. The standard InChI is InChI=1S/C12H13F3N2O/c13-12(14,15)10-2-1-3-11(17-10)18-6-9-7-4-16-5-8(7)9/h1-3,7-9,16H,4-6H2. The number of pyridine rings is 1. The molecule has 1 aliphatic heterocycles. The van der Waals surface area contributed by atoms with Crippen LogP contribution < -0.4 is 10.1 Å². The Labute approximate surface area is 102 Å². The number of hydrogen-bond acceptors (Lipinski definition) is 3. The van der Waals surface area contributed by atoms with E-state index >= 15 is 0 Å². The van der Waals surface area contributed by atoms with Gasteiger partial charge in [0.25, 0.3) is 0 Å². The van der Waals surface area contributed by atoms with Crippen molar-refractivity contribution in [2.75, 3.05) is 19.7 Å². The Hall–Kier alpha value is -1.30. The average molecular weight is 258 g/mol. The number of piperidine rings is 1. The first-order valence-corrected chi connectivity index (χ1v) is 5.93. The minimum Gasteiger partial charge on any atom is -0.477 e. The zero-order valence-electron chi connectivity index (χ0n) is 9.57. The van der Waals surface area contributed by atoms with Crippen molar-refractivity contribution in [1.82, 2.24) is 10.3 Å². The third-order valence-corrected chi connectivity index (χ3v) is 3.71. The van der Waals surface area contributed by atoms with Crippen molar-refractivity contribution >= 4 is 0 Å². The van der Waals surface area contributed by atoms with Crippen LogP contribution in [0, 0.1) is 17.8 Å². The molecule has 98 valence electrons. The van der Waals surface area contributed by atoms with Crippen LogP contribution in [0.25, 0.3) is 0 Å². The van der Waals surface area contributed by atoms with Gasteiger partial charge >= 0.3 is 6.18 Å². The summed E-state index contributed by atoms with van der Waals surface area (Å²) < 4.78 is 42.7. The number of alkyl halides is 3. The molecular weight excluding hydrogens is 245 g/mol. The van der Waals surface area contributed by atoms with Crippen LogP contribution in [0.2, 0.25) is 0 Å². The van der Waals surface area contributed by atoms with Gasteiger partial charge in [-0.15, -0.1) is 0 Å². The van der Waals surface area contributed by atoms with Crippen LogP contribution in [0.3, 0.4) is 0 Å². The number of nitrogens with one attached hydrogen (secondary N) is 1. The van der Waals surface area contributed by atoms with E-state index in [9.17, 15) is 13.2 Å². The number of aromatic nitrogens is 1. The Balaban J connectivity index is 1.60. The maximum absolute atomic E-state index is 12.4. The molecule has 0 bridgehead atoms. The molecule has 0 radical (unpaired) electrons. The van der Waals surface area contributed by atoms with Gasteiger partial charge in [-0.25, -0.2) is 4.98 Å². The first-order chi connectivity index (χ1) is 8.55. The maximum atomic E-state index is 12.4. The van der Waals surface area contributed by atoms with Crippen LogP contribution >= 0.6 is 0 Å². The quantitative estimate of drug-likeness (QED) is 0.899.